The number of rotatable bonds is 9. The number of halogens is 1. The van der Waals surface area contributed by atoms with Crippen molar-refractivity contribution in [2.24, 2.45) is 5.92 Å². The topological polar surface area (TPSA) is 148 Å². The van der Waals surface area contributed by atoms with Crippen molar-refractivity contribution in [3.05, 3.63) is 41.4 Å². The number of benzene rings is 1. The molecule has 0 aromatic heterocycles. The van der Waals surface area contributed by atoms with Crippen LogP contribution in [0, 0.1) is 5.92 Å². The molecule has 1 saturated heterocycles. The van der Waals surface area contributed by atoms with Gasteiger partial charge in [-0.05, 0) is 43.5 Å². The molecule has 13 heteroatoms. The molecule has 0 spiro atoms. The van der Waals surface area contributed by atoms with Crippen molar-refractivity contribution in [2.75, 3.05) is 6.54 Å². The van der Waals surface area contributed by atoms with Gasteiger partial charge in [0.15, 0.2) is 0 Å². The Morgan fingerprint density at radius 2 is 1.85 bits per heavy atom. The van der Waals surface area contributed by atoms with Crippen LogP contribution in [0.1, 0.15) is 25.7 Å². The number of hydrogen-bond acceptors (Lipinski definition) is 8. The van der Waals surface area contributed by atoms with Crippen LogP contribution in [0.5, 0.6) is 0 Å². The average Bonchev–Trinajstić information content (AvgIpc) is 3.66. The normalized spacial score (nSPS) is 29.3. The average molecular weight is 562 g/mol. The molecule has 2 saturated carbocycles. The van der Waals surface area contributed by atoms with Gasteiger partial charge in [0.1, 0.15) is 5.54 Å². The summed E-state index contributed by atoms with van der Waals surface area (Å²) in [6.45, 7) is 3.77. The van der Waals surface area contributed by atoms with Crippen LogP contribution in [-0.4, -0.2) is 58.1 Å². The molecule has 4 rings (SSSR count). The van der Waals surface area contributed by atoms with Crippen molar-refractivity contribution < 1.29 is 30.6 Å². The minimum atomic E-state index is -4.02. The van der Waals surface area contributed by atoms with Gasteiger partial charge in [0.2, 0.25) is 15.9 Å². The van der Waals surface area contributed by atoms with E-state index >= 15 is 0 Å². The Labute approximate surface area is 200 Å². The molecule has 3 N–H and O–H groups in total. The van der Waals surface area contributed by atoms with E-state index in [-0.39, 0.29) is 24.3 Å². The molecule has 1 unspecified atom stereocenters. The van der Waals surface area contributed by atoms with E-state index in [2.05, 4.69) is 37.9 Å². The van der Waals surface area contributed by atoms with Gasteiger partial charge in [-0.25, -0.2) is 8.42 Å². The van der Waals surface area contributed by atoms with E-state index in [0.717, 1.165) is 4.47 Å². The van der Waals surface area contributed by atoms with E-state index in [0.29, 0.717) is 12.8 Å². The second kappa shape index (κ2) is 8.77. The first kappa shape index (κ1) is 24.3. The molecule has 1 aliphatic heterocycles. The van der Waals surface area contributed by atoms with Crippen molar-refractivity contribution in [2.45, 2.75) is 53.5 Å². The summed E-state index contributed by atoms with van der Waals surface area (Å²) in [5, 5.41) is 4.99. The standard InChI is InChI=1S/C20H24BrN3O7S2/c1-2-12-10-20(12,19(26)24-32(27,28)15-7-8-15)23-18(25)17-9-14(11-22-17)31-33(29,30)16-5-3-13(21)4-6-16/h2-6,12,14-15,17,22H,1,7-11H2,(H,23,25)(H,24,26)/t12?,14-,17-,20+/m0/s1. The summed E-state index contributed by atoms with van der Waals surface area (Å²) >= 11 is 3.24. The molecule has 1 aromatic rings. The Kier molecular flexibility index (Phi) is 6.46. The van der Waals surface area contributed by atoms with E-state index in [1.807, 2.05) is 0 Å². The van der Waals surface area contributed by atoms with Gasteiger partial charge in [-0.1, -0.05) is 22.0 Å². The van der Waals surface area contributed by atoms with Crippen LogP contribution in [0.15, 0.2) is 46.3 Å². The van der Waals surface area contributed by atoms with E-state index in [9.17, 15) is 26.4 Å². The predicted octanol–water partition coefficient (Wildman–Crippen LogP) is 0.554. The second-order valence-electron chi connectivity index (χ2n) is 8.51. The van der Waals surface area contributed by atoms with E-state index in [1.165, 1.54) is 18.2 Å². The zero-order chi connectivity index (χ0) is 24.0. The van der Waals surface area contributed by atoms with Crippen LogP contribution < -0.4 is 15.4 Å². The third-order valence-corrected chi connectivity index (χ3v) is 9.74. The fourth-order valence-corrected chi connectivity index (χ4v) is 6.55. The summed E-state index contributed by atoms with van der Waals surface area (Å²) < 4.78 is 57.4. The zero-order valence-electron chi connectivity index (χ0n) is 17.5. The van der Waals surface area contributed by atoms with Gasteiger partial charge in [0, 0.05) is 23.4 Å². The fraction of sp³-hybridized carbons (Fsp3) is 0.500. The van der Waals surface area contributed by atoms with Crippen LogP contribution in [0.4, 0.5) is 0 Å². The maximum absolute atomic E-state index is 12.8. The number of amides is 2. The van der Waals surface area contributed by atoms with Gasteiger partial charge in [0.25, 0.3) is 16.0 Å². The summed E-state index contributed by atoms with van der Waals surface area (Å²) in [7, 11) is -7.78. The molecule has 180 valence electrons. The highest BCUT2D eigenvalue weighted by Gasteiger charge is 2.61. The van der Waals surface area contributed by atoms with Crippen molar-refractivity contribution in [1.82, 2.24) is 15.4 Å². The van der Waals surface area contributed by atoms with Crippen LogP contribution in [0.25, 0.3) is 0 Å². The van der Waals surface area contributed by atoms with Crippen LogP contribution >= 0.6 is 15.9 Å². The lowest BCUT2D eigenvalue weighted by atomic mass is 10.1. The first-order chi connectivity index (χ1) is 15.5. The highest BCUT2D eigenvalue weighted by atomic mass is 79.9. The van der Waals surface area contributed by atoms with Gasteiger partial charge >= 0.3 is 0 Å². The minimum Gasteiger partial charge on any atom is -0.340 e. The number of carbonyl (C=O) groups excluding carboxylic acids is 2. The summed E-state index contributed by atoms with van der Waals surface area (Å²) in [6.07, 6.45) is 2.04. The zero-order valence-corrected chi connectivity index (χ0v) is 20.7. The Morgan fingerprint density at radius 3 is 2.42 bits per heavy atom. The maximum Gasteiger partial charge on any atom is 0.297 e. The summed E-state index contributed by atoms with van der Waals surface area (Å²) in [5.41, 5.74) is -1.38. The third-order valence-electron chi connectivity index (χ3n) is 6.02. The maximum atomic E-state index is 12.8. The predicted molar refractivity (Wildman–Crippen MR) is 122 cm³/mol. The number of hydrogen-bond donors (Lipinski definition) is 3. The molecule has 4 atom stereocenters. The monoisotopic (exact) mass is 561 g/mol. The molecule has 33 heavy (non-hydrogen) atoms. The minimum absolute atomic E-state index is 0.00194. The molecule has 2 amide bonds. The SMILES string of the molecule is C=CC1C[C@]1(NC(=O)[C@@H]1C[C@H](OS(=O)(=O)c2ccc(Br)cc2)CN1)C(=O)NS(=O)(=O)C1CC1. The molecule has 0 radical (unpaired) electrons. The fourth-order valence-electron chi connectivity index (χ4n) is 3.84. The molecule has 0 bridgehead atoms. The molecule has 10 nitrogen and oxygen atoms in total. The molecule has 2 aliphatic carbocycles. The number of nitrogens with one attached hydrogen (secondary N) is 3. The highest BCUT2D eigenvalue weighted by Crippen LogP contribution is 2.45. The van der Waals surface area contributed by atoms with Crippen LogP contribution in [0.3, 0.4) is 0 Å². The van der Waals surface area contributed by atoms with Crippen LogP contribution in [-0.2, 0) is 33.9 Å². The van der Waals surface area contributed by atoms with Crippen molar-refractivity contribution in [3.8, 4) is 0 Å². The summed E-state index contributed by atoms with van der Waals surface area (Å²) in [5.74, 6) is -1.72. The molecular formula is C20H24BrN3O7S2. The highest BCUT2D eigenvalue weighted by molar-refractivity contribution is 9.10. The van der Waals surface area contributed by atoms with Crippen molar-refractivity contribution in [3.63, 3.8) is 0 Å². The van der Waals surface area contributed by atoms with Gasteiger partial charge in [-0.3, -0.25) is 18.5 Å². The van der Waals surface area contributed by atoms with Crippen molar-refractivity contribution in [1.29, 1.82) is 0 Å². The smallest absolute Gasteiger partial charge is 0.297 e. The lowest BCUT2D eigenvalue weighted by Crippen LogP contribution is -2.55. The Morgan fingerprint density at radius 1 is 1.18 bits per heavy atom. The lowest BCUT2D eigenvalue weighted by molar-refractivity contribution is -0.130. The largest absolute Gasteiger partial charge is 0.340 e. The van der Waals surface area contributed by atoms with Gasteiger partial charge < -0.3 is 10.6 Å². The van der Waals surface area contributed by atoms with E-state index in [1.54, 1.807) is 12.1 Å². The number of carbonyl (C=O) groups is 2. The molecule has 3 aliphatic rings. The first-order valence-corrected chi connectivity index (χ1v) is 14.1. The van der Waals surface area contributed by atoms with Gasteiger partial charge in [-0.2, -0.15) is 8.42 Å². The Bertz CT molecular complexity index is 1180. The van der Waals surface area contributed by atoms with Gasteiger partial charge in [0.05, 0.1) is 22.3 Å². The molecular weight excluding hydrogens is 538 g/mol. The number of sulfonamides is 1. The first-order valence-electron chi connectivity index (χ1n) is 10.4. The Balaban J connectivity index is 1.37. The van der Waals surface area contributed by atoms with E-state index < -0.39 is 60.8 Å². The van der Waals surface area contributed by atoms with Crippen LogP contribution in [0.2, 0.25) is 0 Å². The van der Waals surface area contributed by atoms with Gasteiger partial charge in [-0.15, -0.1) is 6.58 Å². The van der Waals surface area contributed by atoms with Crippen molar-refractivity contribution >= 4 is 47.9 Å². The quantitative estimate of drug-likeness (QED) is 0.292. The lowest BCUT2D eigenvalue weighted by Gasteiger charge is -2.21. The summed E-state index contributed by atoms with van der Waals surface area (Å²) in [6, 6.07) is 5.18. The molecule has 1 aromatic carbocycles. The molecule has 3 fully saturated rings. The summed E-state index contributed by atoms with van der Waals surface area (Å²) in [4.78, 5) is 25.6. The molecule has 1 heterocycles. The Hall–Kier alpha value is -1.80. The second-order valence-corrected chi connectivity index (χ2v) is 13.0. The third kappa shape index (κ3) is 5.16. The van der Waals surface area contributed by atoms with E-state index in [4.69, 9.17) is 4.18 Å².